The maximum absolute atomic E-state index is 14.2. The van der Waals surface area contributed by atoms with E-state index in [0.29, 0.717) is 24.8 Å². The minimum absolute atomic E-state index is 0.000369. The molecule has 0 bridgehead atoms. The number of carbonyl (C=O) groups excluding carboxylic acids is 1. The van der Waals surface area contributed by atoms with Crippen LogP contribution in [0.1, 0.15) is 57.4 Å². The minimum Gasteiger partial charge on any atom is -0.508 e. The predicted molar refractivity (Wildman–Crippen MR) is 119 cm³/mol. The molecule has 0 aliphatic heterocycles. The van der Waals surface area contributed by atoms with Crippen LogP contribution in [0.25, 0.3) is 0 Å². The van der Waals surface area contributed by atoms with Crippen LogP contribution >= 0.6 is 0 Å². The Morgan fingerprint density at radius 3 is 2.56 bits per heavy atom. The van der Waals surface area contributed by atoms with Gasteiger partial charge in [-0.3, -0.25) is 4.79 Å². The molecule has 0 spiro atoms. The Hall–Kier alpha value is -2.92. The standard InChI is InChI=1S/C21H28FN5O4S/c1-5-10-27(11-6-2)32(30,31)18-13-23-20(22)19(24-18)21(29)26-25-15(4)16-12-14(3)8-7-9-17(16)28/h8-9,12-13,28H,5-7,10-11H2,1-4H3,(H,26,29)/b25-15+. The fourth-order valence-corrected chi connectivity index (χ4v) is 4.48. The van der Waals surface area contributed by atoms with Crippen LogP contribution in [0.3, 0.4) is 0 Å². The Morgan fingerprint density at radius 2 is 1.94 bits per heavy atom. The summed E-state index contributed by atoms with van der Waals surface area (Å²) in [5.41, 5.74) is 2.93. The smallest absolute Gasteiger partial charge is 0.294 e. The quantitative estimate of drug-likeness (QED) is 0.426. The molecule has 1 aromatic rings. The number of allylic oxidation sites excluding steroid dienone is 5. The zero-order valence-corrected chi connectivity index (χ0v) is 19.4. The van der Waals surface area contributed by atoms with E-state index in [2.05, 4.69) is 20.5 Å². The van der Waals surface area contributed by atoms with Crippen molar-refractivity contribution in [2.24, 2.45) is 5.10 Å². The van der Waals surface area contributed by atoms with E-state index < -0.39 is 32.6 Å². The summed E-state index contributed by atoms with van der Waals surface area (Å²) in [5.74, 6) is -2.28. The lowest BCUT2D eigenvalue weighted by Crippen LogP contribution is -2.34. The van der Waals surface area contributed by atoms with Crippen LogP contribution in [0.15, 0.2) is 51.5 Å². The number of sulfonamides is 1. The van der Waals surface area contributed by atoms with E-state index in [4.69, 9.17) is 0 Å². The third-order valence-electron chi connectivity index (χ3n) is 4.58. The zero-order chi connectivity index (χ0) is 23.9. The molecule has 2 N–H and O–H groups in total. The van der Waals surface area contributed by atoms with Gasteiger partial charge in [0.1, 0.15) is 5.76 Å². The number of nitrogens with one attached hydrogen (secondary N) is 1. The van der Waals surface area contributed by atoms with Crippen LogP contribution < -0.4 is 5.43 Å². The van der Waals surface area contributed by atoms with Gasteiger partial charge < -0.3 is 5.11 Å². The molecule has 0 fully saturated rings. The molecule has 2 rings (SSSR count). The highest BCUT2D eigenvalue weighted by atomic mass is 32.2. The third kappa shape index (κ3) is 6.07. The number of aromatic nitrogens is 2. The summed E-state index contributed by atoms with van der Waals surface area (Å²) in [6.45, 7) is 7.62. The highest BCUT2D eigenvalue weighted by molar-refractivity contribution is 7.89. The van der Waals surface area contributed by atoms with Gasteiger partial charge in [0.05, 0.1) is 11.9 Å². The molecule has 174 valence electrons. The second kappa shape index (κ2) is 11.1. The van der Waals surface area contributed by atoms with E-state index in [1.807, 2.05) is 26.8 Å². The lowest BCUT2D eigenvalue weighted by Gasteiger charge is -2.20. The van der Waals surface area contributed by atoms with Crippen molar-refractivity contribution in [3.63, 3.8) is 0 Å². The van der Waals surface area contributed by atoms with E-state index in [-0.39, 0.29) is 24.6 Å². The molecule has 1 aliphatic rings. The van der Waals surface area contributed by atoms with Crippen LogP contribution in [-0.4, -0.2) is 52.5 Å². The molecule has 1 aliphatic carbocycles. The summed E-state index contributed by atoms with van der Waals surface area (Å²) in [7, 11) is -4.04. The summed E-state index contributed by atoms with van der Waals surface area (Å²) in [6.07, 6.45) is 7.72. The maximum atomic E-state index is 14.2. The summed E-state index contributed by atoms with van der Waals surface area (Å²) in [5, 5.41) is 13.5. The number of hydrogen-bond acceptors (Lipinski definition) is 7. The van der Waals surface area contributed by atoms with Crippen molar-refractivity contribution < 1.29 is 22.7 Å². The first kappa shape index (κ1) is 25.3. The second-order valence-corrected chi connectivity index (χ2v) is 9.11. The van der Waals surface area contributed by atoms with Crippen LogP contribution in [-0.2, 0) is 10.0 Å². The number of halogens is 1. The Kier molecular flexibility index (Phi) is 8.79. The van der Waals surface area contributed by atoms with E-state index in [9.17, 15) is 22.7 Å². The molecular weight excluding hydrogens is 437 g/mol. The first-order valence-corrected chi connectivity index (χ1v) is 11.7. The number of amides is 1. The van der Waals surface area contributed by atoms with Crippen LogP contribution in [0.5, 0.6) is 0 Å². The molecule has 0 aromatic carbocycles. The molecule has 0 atom stereocenters. The highest BCUT2D eigenvalue weighted by Gasteiger charge is 2.28. The first-order valence-electron chi connectivity index (χ1n) is 10.3. The number of aliphatic hydroxyl groups excluding tert-OH is 1. The molecule has 0 saturated carbocycles. The largest absolute Gasteiger partial charge is 0.508 e. The highest BCUT2D eigenvalue weighted by Crippen LogP contribution is 2.18. The van der Waals surface area contributed by atoms with Crippen LogP contribution in [0.4, 0.5) is 4.39 Å². The fraction of sp³-hybridized carbons (Fsp3) is 0.429. The molecule has 0 radical (unpaired) electrons. The number of nitrogens with zero attached hydrogens (tertiary/aromatic N) is 4. The van der Waals surface area contributed by atoms with Crippen molar-refractivity contribution in [2.75, 3.05) is 13.1 Å². The maximum Gasteiger partial charge on any atom is 0.294 e. The van der Waals surface area contributed by atoms with Crippen LogP contribution in [0.2, 0.25) is 0 Å². The molecule has 1 aromatic heterocycles. The van der Waals surface area contributed by atoms with Gasteiger partial charge in [0.2, 0.25) is 5.95 Å². The molecule has 11 heteroatoms. The molecule has 0 saturated heterocycles. The Bertz CT molecular complexity index is 1090. The topological polar surface area (TPSA) is 125 Å². The van der Waals surface area contributed by atoms with Gasteiger partial charge in [-0.1, -0.05) is 25.5 Å². The van der Waals surface area contributed by atoms with Gasteiger partial charge in [-0.25, -0.2) is 23.8 Å². The normalized spacial score (nSPS) is 15.1. The van der Waals surface area contributed by atoms with Gasteiger partial charge >= 0.3 is 0 Å². The average Bonchev–Trinajstić information content (AvgIpc) is 2.92. The van der Waals surface area contributed by atoms with E-state index >= 15 is 0 Å². The van der Waals surface area contributed by atoms with Crippen molar-refractivity contribution in [3.8, 4) is 0 Å². The van der Waals surface area contributed by atoms with Crippen LogP contribution in [0, 0.1) is 5.95 Å². The minimum atomic E-state index is -4.04. The van der Waals surface area contributed by atoms with E-state index in [0.717, 1.165) is 11.8 Å². The van der Waals surface area contributed by atoms with Gasteiger partial charge in [-0.2, -0.15) is 13.8 Å². The summed E-state index contributed by atoms with van der Waals surface area (Å²) in [6, 6.07) is 0. The molecule has 1 heterocycles. The molecule has 32 heavy (non-hydrogen) atoms. The summed E-state index contributed by atoms with van der Waals surface area (Å²) in [4.78, 5) is 19.6. The monoisotopic (exact) mass is 465 g/mol. The molecule has 0 unspecified atom stereocenters. The Balaban J connectivity index is 2.31. The first-order chi connectivity index (χ1) is 15.1. The van der Waals surface area contributed by atoms with Gasteiger partial charge in [0.25, 0.3) is 15.9 Å². The molecular formula is C21H28FN5O4S. The number of aliphatic hydroxyl groups is 1. The Labute approximate surface area is 187 Å². The van der Waals surface area contributed by atoms with E-state index in [1.165, 1.54) is 4.31 Å². The second-order valence-electron chi connectivity index (χ2n) is 7.22. The number of hydrogen-bond donors (Lipinski definition) is 2. The average molecular weight is 466 g/mol. The van der Waals surface area contributed by atoms with Gasteiger partial charge in [-0.05, 0) is 45.3 Å². The van der Waals surface area contributed by atoms with Crippen molar-refractivity contribution in [1.29, 1.82) is 0 Å². The van der Waals surface area contributed by atoms with Crippen molar-refractivity contribution >= 4 is 21.6 Å². The summed E-state index contributed by atoms with van der Waals surface area (Å²) >= 11 is 0. The third-order valence-corrected chi connectivity index (χ3v) is 6.36. The van der Waals surface area contributed by atoms with Gasteiger partial charge in [-0.15, -0.1) is 0 Å². The van der Waals surface area contributed by atoms with E-state index in [1.54, 1.807) is 19.1 Å². The molecule has 9 nitrogen and oxygen atoms in total. The van der Waals surface area contributed by atoms with Crippen molar-refractivity contribution in [3.05, 3.63) is 53.0 Å². The number of carbonyl (C=O) groups is 1. The number of rotatable bonds is 9. The SMILES string of the molecule is CCCN(CCC)S(=O)(=O)c1cnc(F)c(C(=O)N/N=C(\C)C2=CC(C)=CCC=C2O)n1. The lowest BCUT2D eigenvalue weighted by molar-refractivity contribution is 0.0943. The van der Waals surface area contributed by atoms with Gasteiger partial charge in [0.15, 0.2) is 10.7 Å². The fourth-order valence-electron chi connectivity index (χ4n) is 2.97. The van der Waals surface area contributed by atoms with Gasteiger partial charge in [0, 0.05) is 18.7 Å². The summed E-state index contributed by atoms with van der Waals surface area (Å²) < 4.78 is 41.1. The molecule has 1 amide bonds. The van der Waals surface area contributed by atoms with Crippen molar-refractivity contribution in [2.45, 2.75) is 52.0 Å². The number of hydrazone groups is 1. The van der Waals surface area contributed by atoms with Crippen molar-refractivity contribution in [1.82, 2.24) is 19.7 Å². The lowest BCUT2D eigenvalue weighted by atomic mass is 10.1. The predicted octanol–water partition coefficient (Wildman–Crippen LogP) is 3.25. The zero-order valence-electron chi connectivity index (χ0n) is 18.6. The Morgan fingerprint density at radius 1 is 1.28 bits per heavy atom.